The van der Waals surface area contributed by atoms with Crippen molar-refractivity contribution in [3.8, 4) is 11.5 Å². The molecular formula is C28H26F3N7O6. The number of pyridine rings is 1. The average molecular weight is 614 g/mol. The van der Waals surface area contributed by atoms with Gasteiger partial charge in [0, 0.05) is 6.07 Å². The summed E-state index contributed by atoms with van der Waals surface area (Å²) in [6, 6.07) is 8.64. The molecule has 1 aromatic carbocycles. The van der Waals surface area contributed by atoms with Gasteiger partial charge in [-0.25, -0.2) is 14.8 Å². The van der Waals surface area contributed by atoms with E-state index in [1.54, 1.807) is 25.1 Å². The SMILES string of the molecule is CCc1cc(N(Cc2ccc(OC)c(OC)c2)C(=O)Cn2cnc3[nH]c(=O)n(Cc4ccon4)c(=O)c32)nc(C(F)(F)F)c1. The number of methoxy groups -OCH3 is 2. The summed E-state index contributed by atoms with van der Waals surface area (Å²) in [7, 11) is 2.88. The lowest BCUT2D eigenvalue weighted by Crippen LogP contribution is -2.38. The lowest BCUT2D eigenvalue weighted by Gasteiger charge is -2.24. The van der Waals surface area contributed by atoms with E-state index in [0.29, 0.717) is 28.3 Å². The summed E-state index contributed by atoms with van der Waals surface area (Å²) in [5.41, 5.74) is -1.70. The minimum atomic E-state index is -4.76. The molecule has 0 saturated carbocycles. The zero-order chi connectivity index (χ0) is 31.6. The van der Waals surface area contributed by atoms with Crippen molar-refractivity contribution in [2.24, 2.45) is 0 Å². The topological polar surface area (TPSA) is 150 Å². The molecule has 0 radical (unpaired) electrons. The van der Waals surface area contributed by atoms with Gasteiger partial charge < -0.3 is 18.6 Å². The van der Waals surface area contributed by atoms with Gasteiger partial charge in [0.15, 0.2) is 22.7 Å². The molecule has 4 heterocycles. The molecule has 13 nitrogen and oxygen atoms in total. The number of aromatic nitrogens is 6. The zero-order valence-corrected chi connectivity index (χ0v) is 23.7. The number of hydrogen-bond donors (Lipinski definition) is 1. The molecule has 1 amide bonds. The van der Waals surface area contributed by atoms with Gasteiger partial charge in [-0.05, 0) is 41.8 Å². The third-order valence-electron chi connectivity index (χ3n) is 6.81. The van der Waals surface area contributed by atoms with E-state index in [-0.39, 0.29) is 36.5 Å². The van der Waals surface area contributed by atoms with E-state index in [9.17, 15) is 27.6 Å². The Bertz CT molecular complexity index is 1930. The molecule has 5 aromatic rings. The average Bonchev–Trinajstić information content (AvgIpc) is 3.67. The van der Waals surface area contributed by atoms with Crippen LogP contribution in [0.1, 0.15) is 29.4 Å². The molecule has 4 aromatic heterocycles. The molecule has 230 valence electrons. The van der Waals surface area contributed by atoms with Gasteiger partial charge in [-0.2, -0.15) is 13.2 Å². The summed E-state index contributed by atoms with van der Waals surface area (Å²) in [4.78, 5) is 51.3. The number of alkyl halides is 3. The number of carbonyl (C=O) groups is 1. The third kappa shape index (κ3) is 6.04. The van der Waals surface area contributed by atoms with Gasteiger partial charge in [-0.15, -0.1) is 0 Å². The van der Waals surface area contributed by atoms with Crippen molar-refractivity contribution in [2.45, 2.75) is 39.2 Å². The van der Waals surface area contributed by atoms with Crippen LogP contribution in [0.4, 0.5) is 19.0 Å². The Balaban J connectivity index is 1.58. The highest BCUT2D eigenvalue weighted by atomic mass is 19.4. The summed E-state index contributed by atoms with van der Waals surface area (Å²) < 4.78 is 58.9. The number of H-pyrrole nitrogens is 1. The summed E-state index contributed by atoms with van der Waals surface area (Å²) in [5, 5.41) is 3.72. The lowest BCUT2D eigenvalue weighted by atomic mass is 10.1. The largest absolute Gasteiger partial charge is 0.493 e. The van der Waals surface area contributed by atoms with Gasteiger partial charge >= 0.3 is 11.9 Å². The second-order valence-electron chi connectivity index (χ2n) is 9.62. The monoisotopic (exact) mass is 613 g/mol. The molecular weight excluding hydrogens is 587 g/mol. The Hall–Kier alpha value is -5.41. The molecule has 0 saturated heterocycles. The van der Waals surface area contributed by atoms with Crippen molar-refractivity contribution >= 4 is 22.9 Å². The van der Waals surface area contributed by atoms with E-state index in [4.69, 9.17) is 14.0 Å². The van der Waals surface area contributed by atoms with Crippen molar-refractivity contribution in [2.75, 3.05) is 19.1 Å². The lowest BCUT2D eigenvalue weighted by molar-refractivity contribution is -0.141. The standard InChI is InChI=1S/C28H26F3N7O6/c1-4-16-10-21(28(29,30)31)33-22(11-16)37(12-17-5-6-19(42-2)20(9-17)43-3)23(39)14-36-15-32-25-24(36)26(40)38(27(41)34-25)13-18-7-8-44-35-18/h5-11,15H,4,12-14H2,1-3H3,(H,34,41). The maximum Gasteiger partial charge on any atom is 0.433 e. The Labute approximate surface area is 246 Å². The number of aromatic amines is 1. The fourth-order valence-corrected chi connectivity index (χ4v) is 4.58. The van der Waals surface area contributed by atoms with Gasteiger partial charge in [0.2, 0.25) is 5.91 Å². The van der Waals surface area contributed by atoms with Gasteiger partial charge in [-0.1, -0.05) is 18.1 Å². The fraction of sp³-hybridized carbons (Fsp3) is 0.286. The van der Waals surface area contributed by atoms with Crippen LogP contribution in [0.25, 0.3) is 11.2 Å². The first-order valence-corrected chi connectivity index (χ1v) is 13.2. The molecule has 0 spiro atoms. The minimum absolute atomic E-state index is 0.0684. The van der Waals surface area contributed by atoms with Crippen molar-refractivity contribution < 1.29 is 32.0 Å². The van der Waals surface area contributed by atoms with Crippen LogP contribution in [0.2, 0.25) is 0 Å². The fourth-order valence-electron chi connectivity index (χ4n) is 4.58. The van der Waals surface area contributed by atoms with Crippen LogP contribution in [0.15, 0.2) is 63.1 Å². The van der Waals surface area contributed by atoms with Crippen molar-refractivity contribution in [3.05, 3.63) is 92.3 Å². The highest BCUT2D eigenvalue weighted by Crippen LogP contribution is 2.32. The molecule has 1 N–H and O–H groups in total. The van der Waals surface area contributed by atoms with Gasteiger partial charge in [0.1, 0.15) is 30.0 Å². The van der Waals surface area contributed by atoms with E-state index in [0.717, 1.165) is 15.5 Å². The maximum absolute atomic E-state index is 13.9. The minimum Gasteiger partial charge on any atom is -0.493 e. The molecule has 0 atom stereocenters. The normalized spacial score (nSPS) is 11.6. The highest BCUT2D eigenvalue weighted by molar-refractivity contribution is 5.93. The Morgan fingerprint density at radius 2 is 1.84 bits per heavy atom. The first-order chi connectivity index (χ1) is 21.0. The molecule has 0 unspecified atom stereocenters. The first-order valence-electron chi connectivity index (χ1n) is 13.2. The molecule has 0 aliphatic rings. The Kier molecular flexibility index (Phi) is 8.24. The molecule has 0 aliphatic carbocycles. The number of fused-ring (bicyclic) bond motifs is 1. The number of nitrogens with zero attached hydrogens (tertiary/aromatic N) is 6. The number of carbonyl (C=O) groups excluding carboxylic acids is 1. The predicted octanol–water partition coefficient (Wildman–Crippen LogP) is 3.15. The summed E-state index contributed by atoms with van der Waals surface area (Å²) in [5.74, 6) is -0.180. The number of nitrogens with one attached hydrogen (secondary N) is 1. The van der Waals surface area contributed by atoms with Crippen LogP contribution >= 0.6 is 0 Å². The Morgan fingerprint density at radius 3 is 2.50 bits per heavy atom. The number of ether oxygens (including phenoxy) is 2. The molecule has 0 aliphatic heterocycles. The number of anilines is 1. The number of amides is 1. The van der Waals surface area contributed by atoms with Gasteiger partial charge in [-0.3, -0.25) is 24.0 Å². The Morgan fingerprint density at radius 1 is 1.07 bits per heavy atom. The number of imidazole rings is 1. The van der Waals surface area contributed by atoms with Crippen LogP contribution < -0.4 is 25.6 Å². The molecule has 16 heteroatoms. The van der Waals surface area contributed by atoms with Crippen molar-refractivity contribution in [3.63, 3.8) is 0 Å². The summed E-state index contributed by atoms with van der Waals surface area (Å²) in [6.45, 7) is 0.756. The van der Waals surface area contributed by atoms with Crippen molar-refractivity contribution in [1.82, 2.24) is 29.2 Å². The number of aryl methyl sites for hydroxylation is 1. The van der Waals surface area contributed by atoms with Gasteiger partial charge in [0.25, 0.3) is 5.56 Å². The predicted molar refractivity (Wildman–Crippen MR) is 150 cm³/mol. The first kappa shape index (κ1) is 30.1. The van der Waals surface area contributed by atoms with Crippen LogP contribution in [0, 0.1) is 0 Å². The second-order valence-corrected chi connectivity index (χ2v) is 9.62. The van der Waals surface area contributed by atoms with E-state index >= 15 is 0 Å². The zero-order valence-electron chi connectivity index (χ0n) is 23.7. The highest BCUT2D eigenvalue weighted by Gasteiger charge is 2.34. The van der Waals surface area contributed by atoms with E-state index in [1.807, 2.05) is 0 Å². The maximum atomic E-state index is 13.9. The number of halogens is 3. The van der Waals surface area contributed by atoms with Crippen LogP contribution in [0.3, 0.4) is 0 Å². The van der Waals surface area contributed by atoms with Crippen LogP contribution in [0.5, 0.6) is 11.5 Å². The third-order valence-corrected chi connectivity index (χ3v) is 6.81. The number of hydrogen-bond acceptors (Lipinski definition) is 9. The van der Waals surface area contributed by atoms with Crippen LogP contribution in [-0.2, 0) is 37.0 Å². The quantitative estimate of drug-likeness (QED) is 0.251. The summed E-state index contributed by atoms with van der Waals surface area (Å²) >= 11 is 0. The van der Waals surface area contributed by atoms with E-state index in [1.165, 1.54) is 43.5 Å². The van der Waals surface area contributed by atoms with Crippen LogP contribution in [-0.4, -0.2) is 49.4 Å². The summed E-state index contributed by atoms with van der Waals surface area (Å²) in [6.07, 6.45) is -2.04. The van der Waals surface area contributed by atoms with E-state index in [2.05, 4.69) is 20.1 Å². The molecule has 44 heavy (non-hydrogen) atoms. The van der Waals surface area contributed by atoms with Gasteiger partial charge in [0.05, 0.1) is 33.6 Å². The van der Waals surface area contributed by atoms with Crippen molar-refractivity contribution in [1.29, 1.82) is 0 Å². The number of benzene rings is 1. The molecule has 0 fully saturated rings. The second kappa shape index (κ2) is 12.1. The smallest absolute Gasteiger partial charge is 0.433 e. The number of rotatable bonds is 10. The molecule has 0 bridgehead atoms. The molecule has 5 rings (SSSR count). The van der Waals surface area contributed by atoms with E-state index < -0.39 is 35.6 Å².